The maximum Gasteiger partial charge on any atom is 0.330 e. The molecule has 1 aliphatic carbocycles. The summed E-state index contributed by atoms with van der Waals surface area (Å²) in [7, 11) is 1.23. The third-order valence-electron chi connectivity index (χ3n) is 3.62. The second-order valence-corrected chi connectivity index (χ2v) is 6.10. The maximum atomic E-state index is 12.2. The number of carbonyl (C=O) groups is 2. The van der Waals surface area contributed by atoms with Crippen molar-refractivity contribution in [1.82, 2.24) is 5.32 Å². The van der Waals surface area contributed by atoms with E-state index in [1.807, 2.05) is 5.38 Å². The van der Waals surface area contributed by atoms with E-state index >= 15 is 0 Å². The highest BCUT2D eigenvalue weighted by molar-refractivity contribution is 7.10. The van der Waals surface area contributed by atoms with Gasteiger partial charge in [-0.3, -0.25) is 4.79 Å². The summed E-state index contributed by atoms with van der Waals surface area (Å²) in [5.74, 6) is -0.308. The standard InChI is InChI=1S/C14H19NO4S/c1-8-3-4-9-10(7-20-12(9)5-8)13(17)15-11(6-16)14(18)19-2/h7-8,11,16H,3-6H2,1-2H3,(H,15,17)/t8-,11-/m1/s1. The van der Waals surface area contributed by atoms with Gasteiger partial charge in [0.05, 0.1) is 19.3 Å². The Hall–Kier alpha value is -1.40. The molecule has 0 aliphatic heterocycles. The van der Waals surface area contributed by atoms with Crippen molar-refractivity contribution in [2.45, 2.75) is 32.2 Å². The van der Waals surface area contributed by atoms with Gasteiger partial charge in [0.25, 0.3) is 5.91 Å². The maximum absolute atomic E-state index is 12.2. The first-order valence-corrected chi connectivity index (χ1v) is 7.53. The molecule has 110 valence electrons. The van der Waals surface area contributed by atoms with E-state index in [1.165, 1.54) is 12.0 Å². The highest BCUT2D eigenvalue weighted by Gasteiger charge is 2.26. The first kappa shape index (κ1) is 15.0. The zero-order valence-electron chi connectivity index (χ0n) is 11.6. The number of fused-ring (bicyclic) bond motifs is 1. The Morgan fingerprint density at radius 2 is 2.35 bits per heavy atom. The fourth-order valence-corrected chi connectivity index (χ4v) is 3.67. The van der Waals surface area contributed by atoms with Crippen molar-refractivity contribution >= 4 is 23.2 Å². The van der Waals surface area contributed by atoms with Crippen molar-refractivity contribution in [1.29, 1.82) is 0 Å². The van der Waals surface area contributed by atoms with E-state index in [-0.39, 0.29) is 5.91 Å². The first-order chi connectivity index (χ1) is 9.56. The predicted molar refractivity (Wildman–Crippen MR) is 75.9 cm³/mol. The molecule has 0 unspecified atom stereocenters. The molecule has 0 saturated heterocycles. The largest absolute Gasteiger partial charge is 0.467 e. The molecule has 20 heavy (non-hydrogen) atoms. The van der Waals surface area contributed by atoms with Gasteiger partial charge in [0.15, 0.2) is 6.04 Å². The number of amides is 1. The van der Waals surface area contributed by atoms with Gasteiger partial charge in [0.2, 0.25) is 0 Å². The van der Waals surface area contributed by atoms with Crippen LogP contribution >= 0.6 is 11.3 Å². The minimum absolute atomic E-state index is 0.318. The smallest absolute Gasteiger partial charge is 0.330 e. The molecule has 5 nitrogen and oxygen atoms in total. The van der Waals surface area contributed by atoms with Crippen molar-refractivity contribution in [2.24, 2.45) is 5.92 Å². The Kier molecular flexibility index (Phi) is 4.77. The predicted octanol–water partition coefficient (Wildman–Crippen LogP) is 1.14. The van der Waals surface area contributed by atoms with Gasteiger partial charge in [0, 0.05) is 10.3 Å². The molecule has 1 amide bonds. The zero-order chi connectivity index (χ0) is 14.7. The zero-order valence-corrected chi connectivity index (χ0v) is 12.5. The molecule has 0 radical (unpaired) electrons. The van der Waals surface area contributed by atoms with Gasteiger partial charge in [-0.25, -0.2) is 4.79 Å². The summed E-state index contributed by atoms with van der Waals surface area (Å²) in [6.07, 6.45) is 2.98. The summed E-state index contributed by atoms with van der Waals surface area (Å²) in [5.41, 5.74) is 1.71. The van der Waals surface area contributed by atoms with Crippen LogP contribution in [0.25, 0.3) is 0 Å². The quantitative estimate of drug-likeness (QED) is 0.817. The van der Waals surface area contributed by atoms with E-state index in [0.29, 0.717) is 11.5 Å². The van der Waals surface area contributed by atoms with E-state index in [9.17, 15) is 9.59 Å². The van der Waals surface area contributed by atoms with E-state index in [1.54, 1.807) is 11.3 Å². The number of aliphatic hydroxyl groups is 1. The lowest BCUT2D eigenvalue weighted by Crippen LogP contribution is -2.44. The molecule has 1 heterocycles. The molecule has 0 saturated carbocycles. The third-order valence-corrected chi connectivity index (χ3v) is 4.67. The van der Waals surface area contributed by atoms with E-state index in [0.717, 1.165) is 24.8 Å². The van der Waals surface area contributed by atoms with Crippen molar-refractivity contribution in [3.8, 4) is 0 Å². The second kappa shape index (κ2) is 6.37. The number of hydrogen-bond donors (Lipinski definition) is 2. The molecule has 0 bridgehead atoms. The van der Waals surface area contributed by atoms with Crippen molar-refractivity contribution in [3.05, 3.63) is 21.4 Å². The van der Waals surface area contributed by atoms with Gasteiger partial charge in [-0.05, 0) is 30.7 Å². The highest BCUT2D eigenvalue weighted by atomic mass is 32.1. The van der Waals surface area contributed by atoms with Crippen LogP contribution in [0.5, 0.6) is 0 Å². The fourth-order valence-electron chi connectivity index (χ4n) is 2.43. The Morgan fingerprint density at radius 1 is 1.60 bits per heavy atom. The number of aliphatic hydroxyl groups excluding tert-OH is 1. The first-order valence-electron chi connectivity index (χ1n) is 6.65. The number of esters is 1. The number of ether oxygens (including phenoxy) is 1. The van der Waals surface area contributed by atoms with E-state index in [4.69, 9.17) is 5.11 Å². The molecule has 2 rings (SSSR count). The Labute approximate surface area is 121 Å². The molecular weight excluding hydrogens is 278 g/mol. The van der Waals surface area contributed by atoms with Gasteiger partial charge >= 0.3 is 5.97 Å². The van der Waals surface area contributed by atoms with Crippen molar-refractivity contribution < 1.29 is 19.4 Å². The summed E-state index contributed by atoms with van der Waals surface area (Å²) in [6.45, 7) is 1.74. The molecule has 2 N–H and O–H groups in total. The summed E-state index contributed by atoms with van der Waals surface area (Å²) in [4.78, 5) is 24.9. The number of methoxy groups -OCH3 is 1. The van der Waals surface area contributed by atoms with Crippen LogP contribution in [-0.4, -0.2) is 36.7 Å². The number of hydrogen-bond acceptors (Lipinski definition) is 5. The van der Waals surface area contributed by atoms with Crippen LogP contribution in [0, 0.1) is 5.92 Å². The topological polar surface area (TPSA) is 75.6 Å². The normalized spacial score (nSPS) is 19.1. The van der Waals surface area contributed by atoms with Gasteiger partial charge in [-0.1, -0.05) is 6.92 Å². The number of nitrogens with one attached hydrogen (secondary N) is 1. The molecule has 0 aromatic carbocycles. The van der Waals surface area contributed by atoms with Gasteiger partial charge in [-0.15, -0.1) is 11.3 Å². The third kappa shape index (κ3) is 3.02. The average Bonchev–Trinajstić information content (AvgIpc) is 2.86. The lowest BCUT2D eigenvalue weighted by molar-refractivity contribution is -0.143. The number of thiophene rings is 1. The van der Waals surface area contributed by atoms with Crippen LogP contribution in [0.1, 0.15) is 34.1 Å². The minimum atomic E-state index is -1.01. The second-order valence-electron chi connectivity index (χ2n) is 5.13. The van der Waals surface area contributed by atoms with Crippen LogP contribution in [0.2, 0.25) is 0 Å². The van der Waals surface area contributed by atoms with Crippen molar-refractivity contribution in [3.63, 3.8) is 0 Å². The molecule has 6 heteroatoms. The van der Waals surface area contributed by atoms with Crippen molar-refractivity contribution in [2.75, 3.05) is 13.7 Å². The van der Waals surface area contributed by atoms with Crippen LogP contribution < -0.4 is 5.32 Å². The summed E-state index contributed by atoms with van der Waals surface area (Å²) >= 11 is 1.59. The van der Waals surface area contributed by atoms with Crippen LogP contribution in [-0.2, 0) is 22.4 Å². The molecule has 1 aromatic rings. The molecule has 2 atom stereocenters. The fraction of sp³-hybridized carbons (Fsp3) is 0.571. The monoisotopic (exact) mass is 297 g/mol. The van der Waals surface area contributed by atoms with E-state index in [2.05, 4.69) is 17.0 Å². The Balaban J connectivity index is 2.12. The lowest BCUT2D eigenvalue weighted by Gasteiger charge is -2.19. The van der Waals surface area contributed by atoms with Crippen LogP contribution in [0.3, 0.4) is 0 Å². The lowest BCUT2D eigenvalue weighted by atomic mass is 9.88. The minimum Gasteiger partial charge on any atom is -0.467 e. The Morgan fingerprint density at radius 3 is 3.00 bits per heavy atom. The van der Waals surface area contributed by atoms with Crippen LogP contribution in [0.4, 0.5) is 0 Å². The van der Waals surface area contributed by atoms with Crippen LogP contribution in [0.15, 0.2) is 5.38 Å². The van der Waals surface area contributed by atoms with Gasteiger partial charge in [-0.2, -0.15) is 0 Å². The molecular formula is C14H19NO4S. The average molecular weight is 297 g/mol. The summed E-state index contributed by atoms with van der Waals surface area (Å²) < 4.78 is 4.54. The van der Waals surface area contributed by atoms with Gasteiger partial charge < -0.3 is 15.2 Å². The molecule has 1 aliphatic rings. The Bertz CT molecular complexity index is 511. The number of rotatable bonds is 4. The molecule has 0 fully saturated rings. The highest BCUT2D eigenvalue weighted by Crippen LogP contribution is 2.32. The molecule has 1 aromatic heterocycles. The molecule has 0 spiro atoms. The summed E-state index contributed by atoms with van der Waals surface area (Å²) in [5, 5.41) is 13.5. The SMILES string of the molecule is COC(=O)[C@@H](CO)NC(=O)c1csc2c1CC[C@@H](C)C2. The number of carbonyl (C=O) groups excluding carboxylic acids is 2. The van der Waals surface area contributed by atoms with E-state index < -0.39 is 18.6 Å². The summed E-state index contributed by atoms with van der Waals surface area (Å²) in [6, 6.07) is -1.01. The van der Waals surface area contributed by atoms with Gasteiger partial charge in [0.1, 0.15) is 0 Å².